The van der Waals surface area contributed by atoms with Crippen LogP contribution < -0.4 is 4.74 Å². The molecule has 14 nitrogen and oxygen atoms in total. The van der Waals surface area contributed by atoms with Crippen LogP contribution in [0, 0.1) is 5.92 Å². The smallest absolute Gasteiger partial charge is 0.462 e. The summed E-state index contributed by atoms with van der Waals surface area (Å²) in [7, 11) is 0. The highest BCUT2D eigenvalue weighted by atomic mass is 16.7. The summed E-state index contributed by atoms with van der Waals surface area (Å²) in [6, 6.07) is 5.78. The van der Waals surface area contributed by atoms with Crippen LogP contribution in [-0.2, 0) is 47.5 Å². The molecule has 2 unspecified atom stereocenters. The van der Waals surface area contributed by atoms with Gasteiger partial charge in [-0.15, -0.1) is 0 Å². The van der Waals surface area contributed by atoms with Gasteiger partial charge >= 0.3 is 36.2 Å². The van der Waals surface area contributed by atoms with E-state index in [1.54, 1.807) is 32.9 Å². The summed E-state index contributed by atoms with van der Waals surface area (Å²) in [4.78, 5) is 72.5. The summed E-state index contributed by atoms with van der Waals surface area (Å²) >= 11 is 0. The third-order valence-corrected chi connectivity index (χ3v) is 7.74. The third-order valence-electron chi connectivity index (χ3n) is 7.74. The van der Waals surface area contributed by atoms with Gasteiger partial charge in [-0.1, -0.05) is 20.1 Å². The Morgan fingerprint density at radius 2 is 1.20 bits per heavy atom. The van der Waals surface area contributed by atoms with Gasteiger partial charge in [-0.3, -0.25) is 0 Å². The molecule has 290 valence electrons. The van der Waals surface area contributed by atoms with E-state index in [1.165, 1.54) is 36.4 Å². The minimum atomic E-state index is -0.914. The maximum atomic E-state index is 12.9. The molecule has 0 amide bonds. The monoisotopic (exact) mass is 750 g/mol. The molecule has 0 aromatic heterocycles. The van der Waals surface area contributed by atoms with Gasteiger partial charge in [-0.2, -0.15) is 0 Å². The van der Waals surface area contributed by atoms with Gasteiger partial charge < -0.3 is 37.9 Å². The van der Waals surface area contributed by atoms with E-state index in [1.807, 2.05) is 6.92 Å². The topological polar surface area (TPSA) is 176 Å². The molecule has 54 heavy (non-hydrogen) atoms. The Kier molecular flexibility index (Phi) is 17.0. The number of rotatable bonds is 18. The molecule has 0 saturated carbocycles. The van der Waals surface area contributed by atoms with E-state index >= 15 is 0 Å². The number of esters is 4. The standard InChI is InChI=1S/C40H46O14/c1-25(2)35(41)47-19-7-9-21-49-39(45)51-31-15-11-29(12-16-31)37(43)53-33-23-28(6)34(24-27(33)5)54-38(44)30-13-17-32(18-14-30)52-40(46)50-22-10-8-20-48-36(42)26(3)4/h11-13,15-17,23-24,27,33H,1,3,7-10,14,18-22H2,2,4-6H3. The number of carbonyl (C=O) groups excluding carboxylic acids is 6. The first-order chi connectivity index (χ1) is 25.7. The van der Waals surface area contributed by atoms with Gasteiger partial charge in [0, 0.05) is 29.1 Å². The molecule has 3 rings (SSSR count). The first-order valence-corrected chi connectivity index (χ1v) is 17.4. The Labute approximate surface area is 314 Å². The number of benzene rings is 1. The number of ether oxygens (including phenoxy) is 8. The van der Waals surface area contributed by atoms with Gasteiger partial charge in [0.25, 0.3) is 0 Å². The fourth-order valence-electron chi connectivity index (χ4n) is 4.65. The molecule has 1 aromatic carbocycles. The van der Waals surface area contributed by atoms with Crippen LogP contribution in [0.15, 0.2) is 95.5 Å². The average molecular weight is 751 g/mol. The normalized spacial score (nSPS) is 16.1. The molecule has 0 fully saturated rings. The van der Waals surface area contributed by atoms with E-state index in [2.05, 4.69) is 13.2 Å². The molecule has 14 heteroatoms. The largest absolute Gasteiger partial charge is 0.513 e. The number of hydrogen-bond donors (Lipinski definition) is 0. The van der Waals surface area contributed by atoms with Crippen LogP contribution in [0.5, 0.6) is 5.75 Å². The zero-order valence-corrected chi connectivity index (χ0v) is 31.0. The van der Waals surface area contributed by atoms with Crippen LogP contribution in [-0.4, -0.2) is 68.7 Å². The molecule has 0 heterocycles. The van der Waals surface area contributed by atoms with Gasteiger partial charge in [0.1, 0.15) is 23.4 Å². The maximum Gasteiger partial charge on any atom is 0.513 e. The van der Waals surface area contributed by atoms with Gasteiger partial charge in [-0.25, -0.2) is 28.8 Å². The molecule has 2 aliphatic carbocycles. The SMILES string of the molecule is C=C(C)C(=O)OCCCCOC(=O)OC1=CC=C(C(=O)OC2=CC(C)C(OC(=O)c3ccc(OC(=O)OCCCCOC(=O)C(=C)C)cc3)C=C2C)CC1. The molecule has 0 spiro atoms. The lowest BCUT2D eigenvalue weighted by molar-refractivity contribution is -0.140. The summed E-state index contributed by atoms with van der Waals surface area (Å²) in [6.07, 6.45) is 6.53. The Morgan fingerprint density at radius 3 is 1.72 bits per heavy atom. The van der Waals surface area contributed by atoms with Crippen molar-refractivity contribution in [1.29, 1.82) is 0 Å². The van der Waals surface area contributed by atoms with Crippen molar-refractivity contribution in [2.75, 3.05) is 26.4 Å². The first-order valence-electron chi connectivity index (χ1n) is 17.4. The molecule has 2 aliphatic rings. The minimum absolute atomic E-state index is 0.0728. The third kappa shape index (κ3) is 14.6. The molecule has 0 saturated heterocycles. The fraction of sp³-hybridized carbons (Fsp3) is 0.400. The van der Waals surface area contributed by atoms with Crippen molar-refractivity contribution < 1.29 is 66.7 Å². The molecular weight excluding hydrogens is 704 g/mol. The number of carbonyl (C=O) groups is 6. The molecule has 2 atom stereocenters. The number of allylic oxidation sites excluding steroid dienone is 4. The Hall–Kier alpha value is -5.92. The summed E-state index contributed by atoms with van der Waals surface area (Å²) in [5.74, 6) is -1.59. The van der Waals surface area contributed by atoms with Crippen LogP contribution in [0.2, 0.25) is 0 Å². The van der Waals surface area contributed by atoms with Crippen LogP contribution >= 0.6 is 0 Å². The van der Waals surface area contributed by atoms with Crippen molar-refractivity contribution in [3.8, 4) is 5.75 Å². The minimum Gasteiger partial charge on any atom is -0.462 e. The van der Waals surface area contributed by atoms with Crippen molar-refractivity contribution in [3.05, 3.63) is 101 Å². The highest BCUT2D eigenvalue weighted by molar-refractivity contribution is 5.91. The Balaban J connectivity index is 1.39. The zero-order valence-electron chi connectivity index (χ0n) is 31.0. The van der Waals surface area contributed by atoms with E-state index < -0.39 is 42.3 Å². The van der Waals surface area contributed by atoms with Crippen LogP contribution in [0.4, 0.5) is 9.59 Å². The van der Waals surface area contributed by atoms with Gasteiger partial charge in [0.05, 0.1) is 32.0 Å². The molecule has 0 N–H and O–H groups in total. The molecular formula is C40H46O14. The van der Waals surface area contributed by atoms with Gasteiger partial charge in [0.2, 0.25) is 0 Å². The maximum absolute atomic E-state index is 12.9. The fourth-order valence-corrected chi connectivity index (χ4v) is 4.65. The van der Waals surface area contributed by atoms with Crippen molar-refractivity contribution in [1.82, 2.24) is 0 Å². The highest BCUT2D eigenvalue weighted by Crippen LogP contribution is 2.29. The lowest BCUT2D eigenvalue weighted by Crippen LogP contribution is -2.26. The summed E-state index contributed by atoms with van der Waals surface area (Å²) in [5.41, 5.74) is 1.83. The Morgan fingerprint density at radius 1 is 0.667 bits per heavy atom. The van der Waals surface area contributed by atoms with Crippen molar-refractivity contribution in [2.24, 2.45) is 5.92 Å². The lowest BCUT2D eigenvalue weighted by Gasteiger charge is -2.25. The summed E-state index contributed by atoms with van der Waals surface area (Å²) in [6.45, 7) is 14.2. The highest BCUT2D eigenvalue weighted by Gasteiger charge is 2.27. The first kappa shape index (κ1) is 42.5. The number of unbranched alkanes of at least 4 members (excludes halogenated alkanes) is 2. The second-order valence-corrected chi connectivity index (χ2v) is 12.5. The quantitative estimate of drug-likeness (QED) is 0.0480. The van der Waals surface area contributed by atoms with Gasteiger partial charge in [-0.05, 0) is 107 Å². The summed E-state index contributed by atoms with van der Waals surface area (Å²) in [5, 5.41) is 0. The Bertz CT molecular complexity index is 1710. The van der Waals surface area contributed by atoms with Gasteiger partial charge in [0.15, 0.2) is 0 Å². The van der Waals surface area contributed by atoms with Crippen LogP contribution in [0.3, 0.4) is 0 Å². The van der Waals surface area contributed by atoms with Crippen LogP contribution in [0.25, 0.3) is 0 Å². The van der Waals surface area contributed by atoms with Crippen LogP contribution in [0.1, 0.15) is 76.6 Å². The second-order valence-electron chi connectivity index (χ2n) is 12.5. The van der Waals surface area contributed by atoms with E-state index in [-0.39, 0.29) is 56.5 Å². The number of hydrogen-bond acceptors (Lipinski definition) is 14. The van der Waals surface area contributed by atoms with Crippen molar-refractivity contribution >= 4 is 36.2 Å². The lowest BCUT2D eigenvalue weighted by atomic mass is 9.94. The van der Waals surface area contributed by atoms with E-state index in [4.69, 9.17) is 37.9 Å². The molecule has 1 aromatic rings. The second kappa shape index (κ2) is 21.6. The van der Waals surface area contributed by atoms with E-state index in [0.717, 1.165) is 0 Å². The van der Waals surface area contributed by atoms with E-state index in [0.29, 0.717) is 59.5 Å². The average Bonchev–Trinajstić information content (AvgIpc) is 3.13. The van der Waals surface area contributed by atoms with Crippen molar-refractivity contribution in [3.63, 3.8) is 0 Å². The molecule has 0 radical (unpaired) electrons. The molecule has 0 bridgehead atoms. The van der Waals surface area contributed by atoms with Crippen molar-refractivity contribution in [2.45, 2.75) is 72.3 Å². The predicted molar refractivity (Wildman–Crippen MR) is 193 cm³/mol. The van der Waals surface area contributed by atoms with E-state index in [9.17, 15) is 28.8 Å². The summed E-state index contributed by atoms with van der Waals surface area (Å²) < 4.78 is 41.7. The molecule has 0 aliphatic heterocycles. The zero-order chi connectivity index (χ0) is 39.6. The predicted octanol–water partition coefficient (Wildman–Crippen LogP) is 7.31.